The molecule has 0 aliphatic carbocycles. The molecular formula is C21H24N4O4S. The van der Waals surface area contributed by atoms with E-state index in [9.17, 15) is 4.79 Å². The molecule has 3 aromatic rings. The minimum atomic E-state index is -0.149. The lowest BCUT2D eigenvalue weighted by Gasteiger charge is -2.11. The molecule has 0 fully saturated rings. The maximum Gasteiger partial charge on any atom is 0.234 e. The number of rotatable bonds is 9. The van der Waals surface area contributed by atoms with E-state index in [0.717, 1.165) is 17.1 Å². The number of thioether (sulfide) groups is 1. The lowest BCUT2D eigenvalue weighted by atomic mass is 10.2. The van der Waals surface area contributed by atoms with Crippen LogP contribution in [0.3, 0.4) is 0 Å². The fourth-order valence-electron chi connectivity index (χ4n) is 2.88. The lowest BCUT2D eigenvalue weighted by molar-refractivity contribution is -0.113. The molecule has 1 heterocycles. The minimum absolute atomic E-state index is 0.149. The number of amides is 1. The summed E-state index contributed by atoms with van der Waals surface area (Å²) in [7, 11) is 4.75. The molecule has 0 saturated heterocycles. The summed E-state index contributed by atoms with van der Waals surface area (Å²) >= 11 is 1.34. The summed E-state index contributed by atoms with van der Waals surface area (Å²) in [5, 5.41) is 12.1. The second-order valence-electron chi connectivity index (χ2n) is 6.19. The Morgan fingerprint density at radius 2 is 1.73 bits per heavy atom. The first-order valence-corrected chi connectivity index (χ1v) is 10.3. The normalized spacial score (nSPS) is 10.5. The van der Waals surface area contributed by atoms with Crippen LogP contribution in [0.15, 0.2) is 47.6 Å². The Bertz CT molecular complexity index is 1000. The zero-order valence-corrected chi connectivity index (χ0v) is 18.2. The third-order valence-corrected chi connectivity index (χ3v) is 5.35. The quantitative estimate of drug-likeness (QED) is 0.520. The van der Waals surface area contributed by atoms with E-state index >= 15 is 0 Å². The summed E-state index contributed by atoms with van der Waals surface area (Å²) in [5.74, 6) is 2.74. The Hall–Kier alpha value is -3.20. The second-order valence-corrected chi connectivity index (χ2v) is 7.13. The zero-order chi connectivity index (χ0) is 21.5. The van der Waals surface area contributed by atoms with Gasteiger partial charge >= 0.3 is 0 Å². The molecule has 0 aliphatic rings. The Kier molecular flexibility index (Phi) is 7.18. The molecule has 1 aromatic heterocycles. The number of hydrogen-bond acceptors (Lipinski definition) is 7. The molecule has 158 valence electrons. The highest BCUT2D eigenvalue weighted by molar-refractivity contribution is 7.99. The van der Waals surface area contributed by atoms with Gasteiger partial charge in [0, 0.05) is 23.9 Å². The van der Waals surface area contributed by atoms with Gasteiger partial charge in [0.15, 0.2) is 22.5 Å². The highest BCUT2D eigenvalue weighted by atomic mass is 32.2. The zero-order valence-electron chi connectivity index (χ0n) is 17.3. The molecule has 0 unspecified atom stereocenters. The standard InChI is InChI=1S/C21H24N4O4S/c1-5-25-20(14-6-9-16(27-2)10-7-14)23-24-21(25)30-13-19(26)22-15-8-11-17(28-3)18(12-15)29-4/h6-12H,5,13H2,1-4H3,(H,22,26). The maximum absolute atomic E-state index is 12.4. The SMILES string of the molecule is CCn1c(SCC(=O)Nc2ccc(OC)c(OC)c2)nnc1-c1ccc(OC)cc1. The highest BCUT2D eigenvalue weighted by Crippen LogP contribution is 2.30. The van der Waals surface area contributed by atoms with Crippen LogP contribution in [-0.4, -0.2) is 47.8 Å². The van der Waals surface area contributed by atoms with Gasteiger partial charge in [-0.05, 0) is 43.3 Å². The first-order chi connectivity index (χ1) is 14.6. The monoisotopic (exact) mass is 428 g/mol. The Labute approximate surface area is 179 Å². The number of anilines is 1. The van der Waals surface area contributed by atoms with Gasteiger partial charge < -0.3 is 24.1 Å². The smallest absolute Gasteiger partial charge is 0.234 e. The number of methoxy groups -OCH3 is 3. The summed E-state index contributed by atoms with van der Waals surface area (Å²) < 4.78 is 17.7. The number of nitrogens with one attached hydrogen (secondary N) is 1. The Balaban J connectivity index is 1.67. The molecule has 0 radical (unpaired) electrons. The third kappa shape index (κ3) is 4.85. The second kappa shape index (κ2) is 10.0. The van der Waals surface area contributed by atoms with Gasteiger partial charge in [-0.2, -0.15) is 0 Å². The summed E-state index contributed by atoms with van der Waals surface area (Å²) in [5.41, 5.74) is 1.57. The van der Waals surface area contributed by atoms with E-state index in [2.05, 4.69) is 15.5 Å². The molecule has 3 rings (SSSR count). The van der Waals surface area contributed by atoms with E-state index in [1.165, 1.54) is 11.8 Å². The maximum atomic E-state index is 12.4. The van der Waals surface area contributed by atoms with Gasteiger partial charge in [0.25, 0.3) is 0 Å². The van der Waals surface area contributed by atoms with Crippen molar-refractivity contribution >= 4 is 23.4 Å². The van der Waals surface area contributed by atoms with Crippen molar-refractivity contribution in [3.63, 3.8) is 0 Å². The van der Waals surface area contributed by atoms with Crippen LogP contribution < -0.4 is 19.5 Å². The van der Waals surface area contributed by atoms with Crippen molar-refractivity contribution in [3.8, 4) is 28.6 Å². The van der Waals surface area contributed by atoms with E-state index in [1.54, 1.807) is 39.5 Å². The average Bonchev–Trinajstić information content (AvgIpc) is 3.20. The highest BCUT2D eigenvalue weighted by Gasteiger charge is 2.15. The van der Waals surface area contributed by atoms with Gasteiger partial charge in [-0.25, -0.2) is 0 Å². The van der Waals surface area contributed by atoms with Crippen molar-refractivity contribution in [2.24, 2.45) is 0 Å². The summed E-state index contributed by atoms with van der Waals surface area (Å²) in [6.07, 6.45) is 0. The number of carbonyl (C=O) groups excluding carboxylic acids is 1. The topological polar surface area (TPSA) is 87.5 Å². The van der Waals surface area contributed by atoms with Crippen LogP contribution in [0.5, 0.6) is 17.2 Å². The number of aromatic nitrogens is 3. The van der Waals surface area contributed by atoms with Gasteiger partial charge in [-0.3, -0.25) is 4.79 Å². The van der Waals surface area contributed by atoms with E-state index in [0.29, 0.717) is 28.9 Å². The van der Waals surface area contributed by atoms with Gasteiger partial charge in [0.2, 0.25) is 5.91 Å². The fourth-order valence-corrected chi connectivity index (χ4v) is 3.68. The van der Waals surface area contributed by atoms with Crippen LogP contribution in [0.2, 0.25) is 0 Å². The lowest BCUT2D eigenvalue weighted by Crippen LogP contribution is -2.14. The molecule has 2 aromatic carbocycles. The summed E-state index contributed by atoms with van der Waals surface area (Å²) in [4.78, 5) is 12.4. The van der Waals surface area contributed by atoms with Crippen LogP contribution >= 0.6 is 11.8 Å². The van der Waals surface area contributed by atoms with Crippen molar-refractivity contribution < 1.29 is 19.0 Å². The molecule has 0 spiro atoms. The van der Waals surface area contributed by atoms with Crippen LogP contribution in [0, 0.1) is 0 Å². The predicted octanol–water partition coefficient (Wildman–Crippen LogP) is 3.72. The van der Waals surface area contributed by atoms with Crippen molar-refractivity contribution in [2.75, 3.05) is 32.4 Å². The van der Waals surface area contributed by atoms with Crippen LogP contribution in [0.1, 0.15) is 6.92 Å². The van der Waals surface area contributed by atoms with Crippen LogP contribution in [0.25, 0.3) is 11.4 Å². The molecule has 1 amide bonds. The summed E-state index contributed by atoms with van der Waals surface area (Å²) in [6, 6.07) is 12.9. The van der Waals surface area contributed by atoms with Crippen molar-refractivity contribution in [1.82, 2.24) is 14.8 Å². The van der Waals surface area contributed by atoms with Crippen LogP contribution in [-0.2, 0) is 11.3 Å². The molecule has 0 saturated carbocycles. The molecule has 8 nitrogen and oxygen atoms in total. The van der Waals surface area contributed by atoms with Gasteiger partial charge in [0.05, 0.1) is 27.1 Å². The Morgan fingerprint density at radius 1 is 1.00 bits per heavy atom. The van der Waals surface area contributed by atoms with Crippen molar-refractivity contribution in [3.05, 3.63) is 42.5 Å². The predicted molar refractivity (Wildman–Crippen MR) is 117 cm³/mol. The van der Waals surface area contributed by atoms with Gasteiger partial charge in [-0.15, -0.1) is 10.2 Å². The molecular weight excluding hydrogens is 404 g/mol. The van der Waals surface area contributed by atoms with E-state index in [-0.39, 0.29) is 11.7 Å². The number of carbonyl (C=O) groups is 1. The fraction of sp³-hybridized carbons (Fsp3) is 0.286. The van der Waals surface area contributed by atoms with Crippen molar-refractivity contribution in [1.29, 1.82) is 0 Å². The third-order valence-electron chi connectivity index (χ3n) is 4.38. The molecule has 1 N–H and O–H groups in total. The first-order valence-electron chi connectivity index (χ1n) is 9.31. The summed E-state index contributed by atoms with van der Waals surface area (Å²) in [6.45, 7) is 2.71. The van der Waals surface area contributed by atoms with Crippen molar-refractivity contribution in [2.45, 2.75) is 18.6 Å². The molecule has 9 heteroatoms. The van der Waals surface area contributed by atoms with Gasteiger partial charge in [0.1, 0.15) is 5.75 Å². The first kappa shape index (κ1) is 21.5. The number of hydrogen-bond donors (Lipinski definition) is 1. The van der Waals surface area contributed by atoms with E-state index < -0.39 is 0 Å². The van der Waals surface area contributed by atoms with E-state index in [1.807, 2.05) is 35.8 Å². The molecule has 30 heavy (non-hydrogen) atoms. The number of nitrogens with zero attached hydrogens (tertiary/aromatic N) is 3. The van der Waals surface area contributed by atoms with Gasteiger partial charge in [-0.1, -0.05) is 11.8 Å². The minimum Gasteiger partial charge on any atom is -0.497 e. The molecule has 0 atom stereocenters. The molecule has 0 bridgehead atoms. The van der Waals surface area contributed by atoms with Crippen LogP contribution in [0.4, 0.5) is 5.69 Å². The largest absolute Gasteiger partial charge is 0.497 e. The molecule has 0 aliphatic heterocycles. The number of ether oxygens (including phenoxy) is 3. The Morgan fingerprint density at radius 3 is 2.37 bits per heavy atom. The number of benzene rings is 2. The van der Waals surface area contributed by atoms with E-state index in [4.69, 9.17) is 14.2 Å². The average molecular weight is 429 g/mol.